The van der Waals surface area contributed by atoms with E-state index in [1.165, 1.54) is 19.3 Å². The first kappa shape index (κ1) is 11.3. The summed E-state index contributed by atoms with van der Waals surface area (Å²) >= 11 is 0. The number of hydrogen-bond acceptors (Lipinski definition) is 2. The molecular weight excluding hydrogens is 200 g/mol. The zero-order chi connectivity index (χ0) is 10.9. The lowest BCUT2D eigenvalue weighted by atomic mass is 9.55. The minimum Gasteiger partial charge on any atom is -0.372 e. The molecular formula is C11H19F2NO. The number of nitrogens with two attached hydrogens (primary N) is 1. The predicted molar refractivity (Wildman–Crippen MR) is 53.9 cm³/mol. The van der Waals surface area contributed by atoms with Gasteiger partial charge in [0.2, 0.25) is 0 Å². The van der Waals surface area contributed by atoms with Crippen molar-refractivity contribution in [3.8, 4) is 0 Å². The van der Waals surface area contributed by atoms with Crippen LogP contribution in [0.1, 0.15) is 38.5 Å². The minimum absolute atomic E-state index is 0.0122. The summed E-state index contributed by atoms with van der Waals surface area (Å²) in [6.45, 7) is -0.431. The monoisotopic (exact) mass is 219 g/mol. The Hall–Kier alpha value is -0.220. The van der Waals surface area contributed by atoms with Gasteiger partial charge >= 0.3 is 0 Å². The van der Waals surface area contributed by atoms with Gasteiger partial charge in [-0.2, -0.15) is 0 Å². The highest BCUT2D eigenvalue weighted by Gasteiger charge is 2.54. The third-order valence-electron chi connectivity index (χ3n) is 4.06. The lowest BCUT2D eigenvalue weighted by Gasteiger charge is -2.56. The molecule has 0 aliphatic heterocycles. The van der Waals surface area contributed by atoms with E-state index in [-0.39, 0.29) is 17.6 Å². The van der Waals surface area contributed by atoms with Crippen LogP contribution in [-0.2, 0) is 4.74 Å². The number of ether oxygens (including phenoxy) is 1. The van der Waals surface area contributed by atoms with Crippen LogP contribution in [0.25, 0.3) is 0 Å². The Kier molecular flexibility index (Phi) is 3.26. The standard InChI is InChI=1S/C11H19F2NO/c12-10(13)7-15-9-6-8(14)11(9)4-2-1-3-5-11/h8-10H,1-7,14H2. The number of hydrogen-bond donors (Lipinski definition) is 1. The van der Waals surface area contributed by atoms with E-state index in [1.54, 1.807) is 0 Å². The predicted octanol–water partition coefficient (Wildman–Crippen LogP) is 2.32. The van der Waals surface area contributed by atoms with Gasteiger partial charge < -0.3 is 10.5 Å². The summed E-state index contributed by atoms with van der Waals surface area (Å²) in [5.41, 5.74) is 6.05. The van der Waals surface area contributed by atoms with Crippen molar-refractivity contribution in [2.24, 2.45) is 11.1 Å². The second-order valence-corrected chi connectivity index (χ2v) is 4.85. The first-order valence-corrected chi connectivity index (χ1v) is 5.80. The molecule has 2 unspecified atom stereocenters. The van der Waals surface area contributed by atoms with Gasteiger partial charge in [-0.1, -0.05) is 19.3 Å². The Morgan fingerprint density at radius 1 is 1.27 bits per heavy atom. The van der Waals surface area contributed by atoms with E-state index in [4.69, 9.17) is 10.5 Å². The summed E-state index contributed by atoms with van der Waals surface area (Å²) in [6, 6.07) is 0.167. The van der Waals surface area contributed by atoms with Crippen molar-refractivity contribution in [2.45, 2.75) is 57.1 Å². The Labute approximate surface area is 89.2 Å². The van der Waals surface area contributed by atoms with Gasteiger partial charge in [0.15, 0.2) is 0 Å². The quantitative estimate of drug-likeness (QED) is 0.790. The zero-order valence-electron chi connectivity index (χ0n) is 8.92. The molecule has 2 aliphatic carbocycles. The van der Waals surface area contributed by atoms with Crippen molar-refractivity contribution in [3.63, 3.8) is 0 Å². The Morgan fingerprint density at radius 3 is 2.47 bits per heavy atom. The third kappa shape index (κ3) is 2.02. The molecule has 2 nitrogen and oxygen atoms in total. The highest BCUT2D eigenvalue weighted by Crippen LogP contribution is 2.52. The van der Waals surface area contributed by atoms with E-state index in [2.05, 4.69) is 0 Å². The Morgan fingerprint density at radius 2 is 1.93 bits per heavy atom. The van der Waals surface area contributed by atoms with Crippen LogP contribution in [0.2, 0.25) is 0 Å². The second-order valence-electron chi connectivity index (χ2n) is 4.85. The molecule has 2 N–H and O–H groups in total. The molecule has 4 heteroatoms. The van der Waals surface area contributed by atoms with Gasteiger partial charge in [0.05, 0.1) is 6.10 Å². The average molecular weight is 219 g/mol. The largest absolute Gasteiger partial charge is 0.372 e. The molecule has 0 heterocycles. The van der Waals surface area contributed by atoms with Gasteiger partial charge in [-0.15, -0.1) is 0 Å². The van der Waals surface area contributed by atoms with E-state index in [0.717, 1.165) is 19.3 Å². The van der Waals surface area contributed by atoms with Crippen LogP contribution in [0.3, 0.4) is 0 Å². The van der Waals surface area contributed by atoms with Crippen molar-refractivity contribution in [1.29, 1.82) is 0 Å². The summed E-state index contributed by atoms with van der Waals surface area (Å²) in [6.07, 6.45) is 4.08. The van der Waals surface area contributed by atoms with Crippen LogP contribution in [-0.4, -0.2) is 25.2 Å². The maximum atomic E-state index is 12.1. The highest BCUT2D eigenvalue weighted by atomic mass is 19.3. The van der Waals surface area contributed by atoms with Gasteiger partial charge in [-0.25, -0.2) is 8.78 Å². The summed E-state index contributed by atoms with van der Waals surface area (Å²) < 4.78 is 29.4. The Bertz CT molecular complexity index is 217. The number of rotatable bonds is 3. The fourth-order valence-electron chi connectivity index (χ4n) is 3.10. The molecule has 0 amide bonds. The first-order chi connectivity index (χ1) is 7.15. The summed E-state index contributed by atoms with van der Waals surface area (Å²) in [4.78, 5) is 0. The highest BCUT2D eigenvalue weighted by molar-refractivity contribution is 5.07. The van der Waals surface area contributed by atoms with Crippen LogP contribution in [0, 0.1) is 5.41 Å². The smallest absolute Gasteiger partial charge is 0.261 e. The van der Waals surface area contributed by atoms with Crippen molar-refractivity contribution in [3.05, 3.63) is 0 Å². The fourth-order valence-corrected chi connectivity index (χ4v) is 3.10. The molecule has 88 valence electrons. The summed E-state index contributed by atoms with van der Waals surface area (Å²) in [7, 11) is 0. The Balaban J connectivity index is 1.90. The third-order valence-corrected chi connectivity index (χ3v) is 4.06. The lowest BCUT2D eigenvalue weighted by Crippen LogP contribution is -2.63. The van der Waals surface area contributed by atoms with E-state index < -0.39 is 13.0 Å². The molecule has 15 heavy (non-hydrogen) atoms. The van der Waals surface area contributed by atoms with Crippen LogP contribution < -0.4 is 5.73 Å². The molecule has 2 fully saturated rings. The van der Waals surface area contributed by atoms with Gasteiger partial charge in [-0.3, -0.25) is 0 Å². The van der Waals surface area contributed by atoms with Crippen LogP contribution in [0.15, 0.2) is 0 Å². The van der Waals surface area contributed by atoms with Gasteiger partial charge in [0.25, 0.3) is 6.43 Å². The lowest BCUT2D eigenvalue weighted by molar-refractivity contribution is -0.160. The maximum absolute atomic E-state index is 12.1. The molecule has 0 bridgehead atoms. The topological polar surface area (TPSA) is 35.2 Å². The van der Waals surface area contributed by atoms with Gasteiger partial charge in [0, 0.05) is 11.5 Å². The van der Waals surface area contributed by atoms with E-state index in [9.17, 15) is 8.78 Å². The van der Waals surface area contributed by atoms with Crippen LogP contribution in [0.4, 0.5) is 8.78 Å². The maximum Gasteiger partial charge on any atom is 0.261 e. The fraction of sp³-hybridized carbons (Fsp3) is 1.00. The molecule has 2 aliphatic rings. The molecule has 0 aromatic rings. The second kappa shape index (κ2) is 4.34. The molecule has 2 saturated carbocycles. The van der Waals surface area contributed by atoms with Crippen molar-refractivity contribution >= 4 is 0 Å². The van der Waals surface area contributed by atoms with E-state index in [0.29, 0.717) is 0 Å². The molecule has 2 rings (SSSR count). The molecule has 0 radical (unpaired) electrons. The van der Waals surface area contributed by atoms with E-state index in [1.807, 2.05) is 0 Å². The van der Waals surface area contributed by atoms with Crippen molar-refractivity contribution in [2.75, 3.05) is 6.61 Å². The molecule has 1 spiro atoms. The SMILES string of the molecule is NC1CC(OCC(F)F)C12CCCCC2. The molecule has 2 atom stereocenters. The van der Waals surface area contributed by atoms with Gasteiger partial charge in [0.1, 0.15) is 6.61 Å². The van der Waals surface area contributed by atoms with Crippen molar-refractivity contribution < 1.29 is 13.5 Å². The molecule has 0 saturated heterocycles. The summed E-state index contributed by atoms with van der Waals surface area (Å²) in [5.74, 6) is 0. The minimum atomic E-state index is -2.36. The van der Waals surface area contributed by atoms with Gasteiger partial charge in [-0.05, 0) is 19.3 Å². The number of halogens is 2. The van der Waals surface area contributed by atoms with E-state index >= 15 is 0 Å². The average Bonchev–Trinajstić information content (AvgIpc) is 2.25. The molecule has 0 aromatic heterocycles. The first-order valence-electron chi connectivity index (χ1n) is 5.80. The van der Waals surface area contributed by atoms with Crippen molar-refractivity contribution in [1.82, 2.24) is 0 Å². The van der Waals surface area contributed by atoms with Crippen LogP contribution >= 0.6 is 0 Å². The van der Waals surface area contributed by atoms with Crippen LogP contribution in [0.5, 0.6) is 0 Å². The number of alkyl halides is 2. The molecule has 0 aromatic carbocycles. The normalized spacial score (nSPS) is 34.4. The zero-order valence-corrected chi connectivity index (χ0v) is 8.92. The summed E-state index contributed by atoms with van der Waals surface area (Å²) in [5, 5.41) is 0.